The molecule has 0 amide bonds. The van der Waals surface area contributed by atoms with Gasteiger partial charge in [-0.3, -0.25) is 0 Å². The fraction of sp³-hybridized carbons (Fsp3) is 0.100. The lowest BCUT2D eigenvalue weighted by Crippen LogP contribution is -3.00. The second-order valence-corrected chi connectivity index (χ2v) is 6.63. The van der Waals surface area contributed by atoms with Gasteiger partial charge >= 0.3 is 0 Å². The zero-order valence-electron chi connectivity index (χ0n) is 14.4. The van der Waals surface area contributed by atoms with E-state index in [2.05, 4.69) is 51.9 Å². The summed E-state index contributed by atoms with van der Waals surface area (Å²) >= 11 is 1.63. The van der Waals surface area contributed by atoms with E-state index in [4.69, 9.17) is 4.74 Å². The third kappa shape index (κ3) is 3.49. The minimum atomic E-state index is 0. The number of aryl methyl sites for hydroxylation is 1. The number of ether oxygens (including phenoxy) is 1. The van der Waals surface area contributed by atoms with E-state index in [0.29, 0.717) is 0 Å². The number of halogens is 1. The third-order valence-corrected chi connectivity index (χ3v) is 4.97. The number of aromatic nitrogens is 2. The molecule has 0 bridgehead atoms. The van der Waals surface area contributed by atoms with Gasteiger partial charge in [0.1, 0.15) is 22.7 Å². The van der Waals surface area contributed by atoms with Crippen LogP contribution in [0.1, 0.15) is 5.56 Å². The zero-order chi connectivity index (χ0) is 17.2. The Balaban J connectivity index is 0.00000196. The standard InChI is InChI=1S/C20H17N3OS.ClH/c1-13-3-5-14(6-4-13)17-11-25-20-18(17)19(21-12-22-20)23-15-7-9-16(24-2)10-8-15;/h3-12H,1-2H3,(H,21,22,23);1H/p-1. The molecule has 2 heterocycles. The van der Waals surface area contributed by atoms with E-state index in [0.717, 1.165) is 33.0 Å². The molecule has 0 fully saturated rings. The Morgan fingerprint density at radius 2 is 1.69 bits per heavy atom. The molecule has 4 nitrogen and oxygen atoms in total. The molecule has 0 spiro atoms. The highest BCUT2D eigenvalue weighted by atomic mass is 35.5. The molecule has 0 aliphatic rings. The van der Waals surface area contributed by atoms with Crippen molar-refractivity contribution in [3.8, 4) is 16.9 Å². The maximum absolute atomic E-state index is 5.21. The molecule has 0 saturated heterocycles. The molecule has 6 heteroatoms. The predicted octanol–water partition coefficient (Wildman–Crippen LogP) is 2.42. The Bertz CT molecular complexity index is 1010. The van der Waals surface area contributed by atoms with Crippen LogP contribution in [0.2, 0.25) is 0 Å². The number of hydrogen-bond acceptors (Lipinski definition) is 5. The molecule has 0 aliphatic carbocycles. The van der Waals surface area contributed by atoms with Crippen LogP contribution < -0.4 is 22.5 Å². The third-order valence-electron chi connectivity index (χ3n) is 4.09. The minimum Gasteiger partial charge on any atom is -1.00 e. The number of anilines is 2. The van der Waals surface area contributed by atoms with Gasteiger partial charge in [-0.1, -0.05) is 29.8 Å². The monoisotopic (exact) mass is 382 g/mol. The lowest BCUT2D eigenvalue weighted by atomic mass is 10.0. The van der Waals surface area contributed by atoms with Crippen LogP contribution in [0, 0.1) is 6.92 Å². The molecule has 0 radical (unpaired) electrons. The first-order chi connectivity index (χ1) is 12.2. The van der Waals surface area contributed by atoms with Gasteiger partial charge in [-0.05, 0) is 36.8 Å². The van der Waals surface area contributed by atoms with Gasteiger partial charge in [-0.25, -0.2) is 9.97 Å². The number of rotatable bonds is 4. The van der Waals surface area contributed by atoms with E-state index >= 15 is 0 Å². The average molecular weight is 383 g/mol. The van der Waals surface area contributed by atoms with Gasteiger partial charge in [0, 0.05) is 16.6 Å². The summed E-state index contributed by atoms with van der Waals surface area (Å²) in [5, 5.41) is 6.60. The number of thiophene rings is 1. The molecule has 0 atom stereocenters. The highest BCUT2D eigenvalue weighted by Gasteiger charge is 2.13. The largest absolute Gasteiger partial charge is 1.00 e. The van der Waals surface area contributed by atoms with Crippen molar-refractivity contribution in [2.75, 3.05) is 12.4 Å². The van der Waals surface area contributed by atoms with Gasteiger partial charge in [0.2, 0.25) is 0 Å². The molecular formula is C20H17ClN3OS-. The second kappa shape index (κ2) is 7.72. The highest BCUT2D eigenvalue weighted by molar-refractivity contribution is 7.17. The van der Waals surface area contributed by atoms with Crippen LogP contribution in [-0.2, 0) is 0 Å². The quantitative estimate of drug-likeness (QED) is 0.589. The minimum absolute atomic E-state index is 0. The van der Waals surface area contributed by atoms with Crippen molar-refractivity contribution < 1.29 is 17.1 Å². The average Bonchev–Trinajstić information content (AvgIpc) is 3.08. The first-order valence-corrected chi connectivity index (χ1v) is 8.83. The van der Waals surface area contributed by atoms with Crippen molar-refractivity contribution in [2.45, 2.75) is 6.92 Å². The van der Waals surface area contributed by atoms with Crippen molar-refractivity contribution in [1.82, 2.24) is 9.97 Å². The Morgan fingerprint density at radius 1 is 0.962 bits per heavy atom. The summed E-state index contributed by atoms with van der Waals surface area (Å²) in [6.07, 6.45) is 1.60. The molecule has 132 valence electrons. The Kier molecular flexibility index (Phi) is 5.40. The van der Waals surface area contributed by atoms with Crippen LogP contribution in [0.4, 0.5) is 11.5 Å². The Labute approximate surface area is 162 Å². The zero-order valence-corrected chi connectivity index (χ0v) is 15.9. The number of methoxy groups -OCH3 is 1. The lowest BCUT2D eigenvalue weighted by molar-refractivity contribution is -0.00000531. The number of nitrogens with zero attached hydrogens (tertiary/aromatic N) is 2. The molecule has 4 aromatic rings. The van der Waals surface area contributed by atoms with E-state index in [1.165, 1.54) is 11.1 Å². The van der Waals surface area contributed by atoms with E-state index in [-0.39, 0.29) is 12.4 Å². The van der Waals surface area contributed by atoms with Gasteiger partial charge in [0.15, 0.2) is 0 Å². The number of benzene rings is 2. The fourth-order valence-corrected chi connectivity index (χ4v) is 3.64. The first-order valence-electron chi connectivity index (χ1n) is 7.95. The maximum atomic E-state index is 5.21. The van der Waals surface area contributed by atoms with Crippen LogP contribution in [0.15, 0.2) is 60.2 Å². The Hall–Kier alpha value is -2.63. The van der Waals surface area contributed by atoms with Crippen LogP contribution in [-0.4, -0.2) is 17.1 Å². The molecule has 4 rings (SSSR count). The first kappa shape index (κ1) is 18.2. The molecule has 26 heavy (non-hydrogen) atoms. The number of hydrogen-bond donors (Lipinski definition) is 1. The molecule has 0 aliphatic heterocycles. The van der Waals surface area contributed by atoms with Gasteiger partial charge < -0.3 is 22.5 Å². The van der Waals surface area contributed by atoms with Crippen LogP contribution in [0.5, 0.6) is 5.75 Å². The predicted molar refractivity (Wildman–Crippen MR) is 104 cm³/mol. The van der Waals surface area contributed by atoms with Gasteiger partial charge in [0.25, 0.3) is 0 Å². The lowest BCUT2D eigenvalue weighted by Gasteiger charge is -2.09. The van der Waals surface area contributed by atoms with Crippen molar-refractivity contribution in [3.05, 3.63) is 65.8 Å². The smallest absolute Gasteiger partial charge is 0.143 e. The summed E-state index contributed by atoms with van der Waals surface area (Å²) in [6, 6.07) is 16.3. The van der Waals surface area contributed by atoms with Crippen molar-refractivity contribution in [1.29, 1.82) is 0 Å². The van der Waals surface area contributed by atoms with E-state index in [1.54, 1.807) is 24.8 Å². The maximum Gasteiger partial charge on any atom is 0.143 e. The SMILES string of the molecule is COc1ccc(Nc2ncnc3scc(-c4ccc(C)cc4)c23)cc1.[Cl-]. The second-order valence-electron chi connectivity index (χ2n) is 5.77. The van der Waals surface area contributed by atoms with Crippen LogP contribution in [0.25, 0.3) is 21.3 Å². The van der Waals surface area contributed by atoms with Crippen molar-refractivity contribution in [3.63, 3.8) is 0 Å². The summed E-state index contributed by atoms with van der Waals surface area (Å²) < 4.78 is 5.21. The van der Waals surface area contributed by atoms with Crippen molar-refractivity contribution in [2.24, 2.45) is 0 Å². The number of fused-ring (bicyclic) bond motifs is 1. The highest BCUT2D eigenvalue weighted by Crippen LogP contribution is 2.37. The molecule has 2 aromatic heterocycles. The van der Waals surface area contributed by atoms with Gasteiger partial charge in [0.05, 0.1) is 12.5 Å². The van der Waals surface area contributed by atoms with E-state index in [1.807, 2.05) is 24.3 Å². The molecule has 2 aromatic carbocycles. The summed E-state index contributed by atoms with van der Waals surface area (Å²) in [5.41, 5.74) is 4.53. The molecule has 0 unspecified atom stereocenters. The van der Waals surface area contributed by atoms with Gasteiger partial charge in [-0.2, -0.15) is 0 Å². The van der Waals surface area contributed by atoms with E-state index < -0.39 is 0 Å². The van der Waals surface area contributed by atoms with Gasteiger partial charge in [-0.15, -0.1) is 11.3 Å². The topological polar surface area (TPSA) is 47.0 Å². The summed E-state index contributed by atoms with van der Waals surface area (Å²) in [5.74, 6) is 1.64. The number of nitrogens with one attached hydrogen (secondary N) is 1. The fourth-order valence-electron chi connectivity index (χ4n) is 2.73. The summed E-state index contributed by atoms with van der Waals surface area (Å²) in [4.78, 5) is 9.87. The Morgan fingerprint density at radius 3 is 2.38 bits per heavy atom. The van der Waals surface area contributed by atoms with E-state index in [9.17, 15) is 0 Å². The molecule has 1 N–H and O–H groups in total. The van der Waals surface area contributed by atoms with Crippen LogP contribution in [0.3, 0.4) is 0 Å². The normalized spacial score (nSPS) is 10.4. The molecule has 0 saturated carbocycles. The molecular weight excluding hydrogens is 366 g/mol. The van der Waals surface area contributed by atoms with Crippen LogP contribution >= 0.6 is 11.3 Å². The summed E-state index contributed by atoms with van der Waals surface area (Å²) in [7, 11) is 1.66. The van der Waals surface area contributed by atoms with Crippen molar-refractivity contribution >= 4 is 33.1 Å². The summed E-state index contributed by atoms with van der Waals surface area (Å²) in [6.45, 7) is 2.09.